The molecule has 4 aromatic rings. The Morgan fingerprint density at radius 1 is 0.840 bits per heavy atom. The van der Waals surface area contributed by atoms with Crippen molar-refractivity contribution in [1.29, 1.82) is 0 Å². The predicted octanol–water partition coefficient (Wildman–Crippen LogP) is -4.85. The Bertz CT molecular complexity index is 1980. The zero-order chi connectivity index (χ0) is 35.1. The van der Waals surface area contributed by atoms with E-state index in [0.717, 1.165) is 0 Å². The Labute approximate surface area is 281 Å². The highest BCUT2D eigenvalue weighted by Gasteiger charge is 2.46. The van der Waals surface area contributed by atoms with Crippen molar-refractivity contribution >= 4 is 45.9 Å². The van der Waals surface area contributed by atoms with Crippen LogP contribution in [0.2, 0.25) is 0 Å². The van der Waals surface area contributed by atoms with Gasteiger partial charge in [-0.1, -0.05) is 5.92 Å². The van der Waals surface area contributed by atoms with Crippen LogP contribution in [-0.4, -0.2) is 152 Å². The fourth-order valence-corrected chi connectivity index (χ4v) is 6.10. The molecule has 0 aliphatic carbocycles. The molecule has 11 N–H and O–H groups in total. The maximum absolute atomic E-state index is 13.0. The number of nitrogens with two attached hydrogens (primary N) is 2. The van der Waals surface area contributed by atoms with Gasteiger partial charge in [-0.15, -0.1) is 0 Å². The molecule has 7 rings (SSSR count). The Morgan fingerprint density at radius 3 is 2.36 bits per heavy atom. The molecule has 22 heteroatoms. The summed E-state index contributed by atoms with van der Waals surface area (Å²) in [5.41, 5.74) is 12.9. The molecule has 3 aliphatic heterocycles. The largest absolute Gasteiger partial charge is 0.387 e. The number of carbonyl (C=O) groups excluding carboxylic acids is 2. The second kappa shape index (κ2) is 13.6. The molecule has 0 aromatic carbocycles. The van der Waals surface area contributed by atoms with Crippen molar-refractivity contribution in [1.82, 2.24) is 59.9 Å². The number of nitrogens with zero attached hydrogens (tertiary/aromatic N) is 9. The summed E-state index contributed by atoms with van der Waals surface area (Å²) in [6.45, 7) is -0.316. The zero-order valence-electron chi connectivity index (χ0n) is 26.2. The topological polar surface area (TPSA) is 312 Å². The average molecular weight is 695 g/mol. The first-order valence-electron chi connectivity index (χ1n) is 15.5. The van der Waals surface area contributed by atoms with E-state index in [1.54, 1.807) is 4.90 Å². The summed E-state index contributed by atoms with van der Waals surface area (Å²) in [5.74, 6) is 5.70. The van der Waals surface area contributed by atoms with E-state index in [2.05, 4.69) is 57.7 Å². The number of anilines is 2. The fraction of sp³-hybridized carbons (Fsp3) is 0.500. The zero-order valence-corrected chi connectivity index (χ0v) is 26.2. The first-order valence-corrected chi connectivity index (χ1v) is 15.5. The number of aliphatic hydroxyl groups is 4. The highest BCUT2D eigenvalue weighted by molar-refractivity contribution is 5.83. The van der Waals surface area contributed by atoms with Crippen molar-refractivity contribution < 1.29 is 39.5 Å². The molecule has 0 radical (unpaired) electrons. The van der Waals surface area contributed by atoms with Crippen LogP contribution in [0.5, 0.6) is 0 Å². The number of imidazole rings is 2. The molecule has 3 amide bonds. The fourth-order valence-electron chi connectivity index (χ4n) is 6.10. The van der Waals surface area contributed by atoms with E-state index in [9.17, 15) is 30.0 Å². The van der Waals surface area contributed by atoms with E-state index in [1.807, 2.05) is 0 Å². The van der Waals surface area contributed by atoms with Crippen molar-refractivity contribution in [3.05, 3.63) is 24.8 Å². The molecule has 2 bridgehead atoms. The summed E-state index contributed by atoms with van der Waals surface area (Å²) in [6.07, 6.45) is -6.11. The van der Waals surface area contributed by atoms with Gasteiger partial charge in [0, 0.05) is 26.2 Å². The summed E-state index contributed by atoms with van der Waals surface area (Å²) in [6, 6.07) is -0.587. The summed E-state index contributed by atoms with van der Waals surface area (Å²) in [5, 5.41) is 51.7. The number of rotatable bonds is 3. The van der Waals surface area contributed by atoms with Crippen LogP contribution in [-0.2, 0) is 14.3 Å². The molecule has 7 heterocycles. The van der Waals surface area contributed by atoms with Crippen LogP contribution in [0.15, 0.2) is 19.0 Å². The molecule has 8 atom stereocenters. The lowest BCUT2D eigenvalue weighted by Gasteiger charge is -2.24. The first kappa shape index (κ1) is 33.2. The molecule has 264 valence electrons. The van der Waals surface area contributed by atoms with Crippen molar-refractivity contribution in [2.75, 3.05) is 50.7 Å². The Morgan fingerprint density at radius 2 is 1.56 bits per heavy atom. The molecule has 22 nitrogen and oxygen atoms in total. The van der Waals surface area contributed by atoms with Gasteiger partial charge < -0.3 is 57.3 Å². The monoisotopic (exact) mass is 694 g/mol. The molecule has 2 saturated heterocycles. The van der Waals surface area contributed by atoms with Crippen molar-refractivity contribution in [2.24, 2.45) is 0 Å². The number of carbonyl (C=O) groups is 2. The lowest BCUT2D eigenvalue weighted by Crippen LogP contribution is -2.47. The van der Waals surface area contributed by atoms with Gasteiger partial charge in [-0.3, -0.25) is 18.8 Å². The quantitative estimate of drug-likeness (QED) is 0.0908. The molecule has 0 unspecified atom stereocenters. The number of hydrogen-bond acceptors (Lipinski definition) is 17. The summed E-state index contributed by atoms with van der Waals surface area (Å²) in [4.78, 5) is 52.0. The van der Waals surface area contributed by atoms with Crippen LogP contribution in [0.4, 0.5) is 16.4 Å². The van der Waals surface area contributed by atoms with Gasteiger partial charge in [0.15, 0.2) is 46.7 Å². The maximum atomic E-state index is 13.0. The minimum absolute atomic E-state index is 0.0386. The lowest BCUT2D eigenvalue weighted by molar-refractivity contribution is -0.122. The summed E-state index contributed by atoms with van der Waals surface area (Å²) >= 11 is 0. The number of aliphatic hydroxyl groups excluding tert-OH is 4. The number of amides is 3. The van der Waals surface area contributed by atoms with Gasteiger partial charge in [0.1, 0.15) is 54.8 Å². The highest BCUT2D eigenvalue weighted by atomic mass is 16.6. The second-order valence-corrected chi connectivity index (χ2v) is 11.9. The van der Waals surface area contributed by atoms with Crippen LogP contribution in [0.3, 0.4) is 0 Å². The molecular formula is C28H34N14O8. The summed E-state index contributed by atoms with van der Waals surface area (Å²) < 4.78 is 14.9. The standard InChI is InChI=1S/C28H34N14O8/c29-22-16-24(36-9-34-22)41(11-38-16)26-20(46)19(45)13(50-26)7-40-5-1-2-14-39-17-23(30)35-10-37-25(17)42(14)27-21(47)18(44)12(49-27)6-33-28(48)32-4-3-31-15(43)8-40/h9-13,18-21,26-27,44-47H,3-8H2,(H,31,43)(H2,29,34,36)(H2,30,35,37)(H2,32,33,48)/t12-,13-,18-,19-,20-,21-,26-,27-/m1/s1. The minimum atomic E-state index is -1.46. The van der Waals surface area contributed by atoms with Crippen molar-refractivity contribution in [3.63, 3.8) is 0 Å². The third-order valence-corrected chi connectivity index (χ3v) is 8.60. The van der Waals surface area contributed by atoms with Crippen molar-refractivity contribution in [2.45, 2.75) is 49.1 Å². The van der Waals surface area contributed by atoms with Gasteiger partial charge in [0.25, 0.3) is 0 Å². The van der Waals surface area contributed by atoms with Gasteiger partial charge in [0.2, 0.25) is 5.91 Å². The van der Waals surface area contributed by atoms with Gasteiger partial charge in [0.05, 0.1) is 19.4 Å². The SMILES string of the molecule is Nc1ncnc2c1ncn2[C@@H]1O[C@H](CN2CC#Cc3nc4c(N)ncnc4n3[C@@H]3O[C@H](CNC(=O)NCCNC(=O)C2)[C@@H](O)[C@H]3O)[C@@H](O)[C@H]1O. The van der Waals surface area contributed by atoms with Gasteiger partial charge in [-0.25, -0.2) is 34.7 Å². The molecular weight excluding hydrogens is 660 g/mol. The normalized spacial score (nSPS) is 29.8. The van der Waals surface area contributed by atoms with Gasteiger partial charge in [-0.2, -0.15) is 0 Å². The van der Waals surface area contributed by atoms with Crippen molar-refractivity contribution in [3.8, 4) is 11.8 Å². The number of fused-ring (bicyclic) bond motifs is 7. The Kier molecular flexibility index (Phi) is 9.01. The molecule has 2 fully saturated rings. The third-order valence-electron chi connectivity index (χ3n) is 8.60. The van der Waals surface area contributed by atoms with Crippen LogP contribution < -0.4 is 27.4 Å². The van der Waals surface area contributed by atoms with E-state index in [-0.39, 0.29) is 67.9 Å². The van der Waals surface area contributed by atoms with E-state index in [4.69, 9.17) is 20.9 Å². The smallest absolute Gasteiger partial charge is 0.314 e. The molecule has 0 saturated carbocycles. The van der Waals surface area contributed by atoms with Gasteiger partial charge >= 0.3 is 6.03 Å². The maximum Gasteiger partial charge on any atom is 0.314 e. The number of nitrogen functional groups attached to an aromatic ring is 2. The first-order chi connectivity index (χ1) is 24.1. The highest BCUT2D eigenvalue weighted by Crippen LogP contribution is 2.34. The van der Waals surface area contributed by atoms with E-state index >= 15 is 0 Å². The van der Waals surface area contributed by atoms with E-state index < -0.39 is 61.0 Å². The molecule has 0 spiro atoms. The van der Waals surface area contributed by atoms with Crippen LogP contribution in [0.25, 0.3) is 22.3 Å². The van der Waals surface area contributed by atoms with E-state index in [0.29, 0.717) is 11.2 Å². The second-order valence-electron chi connectivity index (χ2n) is 11.9. The minimum Gasteiger partial charge on any atom is -0.387 e. The lowest BCUT2D eigenvalue weighted by atomic mass is 10.1. The Hall–Kier alpha value is -5.28. The number of nitrogens with one attached hydrogen (secondary N) is 3. The average Bonchev–Trinajstić information content (AvgIpc) is 3.83. The molecule has 3 aliphatic rings. The number of ether oxygens (including phenoxy) is 2. The third kappa shape index (κ3) is 6.18. The van der Waals surface area contributed by atoms with Gasteiger partial charge in [-0.05, 0) is 5.92 Å². The number of aromatic nitrogens is 8. The van der Waals surface area contributed by atoms with Crippen LogP contribution in [0, 0.1) is 11.8 Å². The predicted molar refractivity (Wildman–Crippen MR) is 169 cm³/mol. The van der Waals surface area contributed by atoms with Crippen LogP contribution in [0.1, 0.15) is 18.3 Å². The Balaban J connectivity index is 1.19. The number of hydrogen-bond donors (Lipinski definition) is 9. The molecule has 50 heavy (non-hydrogen) atoms. The molecule has 4 aromatic heterocycles. The number of urea groups is 1. The van der Waals surface area contributed by atoms with Crippen LogP contribution >= 0.6 is 0 Å². The van der Waals surface area contributed by atoms with E-state index in [1.165, 1.54) is 28.1 Å². The summed E-state index contributed by atoms with van der Waals surface area (Å²) in [7, 11) is 0.